The molecule has 0 unspecified atom stereocenters. The molecular formula is C16H8ClFN4. The van der Waals surface area contributed by atoms with E-state index in [1.807, 2.05) is 36.4 Å². The molecule has 1 heterocycles. The lowest BCUT2D eigenvalue weighted by molar-refractivity contribution is 0.629. The molecule has 0 atom stereocenters. The zero-order valence-corrected chi connectivity index (χ0v) is 11.9. The van der Waals surface area contributed by atoms with E-state index >= 15 is 0 Å². The van der Waals surface area contributed by atoms with Crippen molar-refractivity contribution < 1.29 is 4.39 Å². The molecule has 6 heteroatoms. The summed E-state index contributed by atoms with van der Waals surface area (Å²) < 4.78 is 14.0. The van der Waals surface area contributed by atoms with Gasteiger partial charge < -0.3 is 0 Å². The zero-order chi connectivity index (χ0) is 15.5. The maximum Gasteiger partial charge on any atom is 0.226 e. The van der Waals surface area contributed by atoms with E-state index in [4.69, 9.17) is 16.9 Å². The van der Waals surface area contributed by atoms with Crippen LogP contribution in [0.1, 0.15) is 5.56 Å². The number of halogens is 2. The molecule has 1 aromatic heterocycles. The number of nitriles is 1. The molecule has 106 valence electrons. The molecule has 0 spiro atoms. The van der Waals surface area contributed by atoms with Gasteiger partial charge in [-0.3, -0.25) is 0 Å². The number of benzene rings is 2. The van der Waals surface area contributed by atoms with Crippen LogP contribution in [-0.4, -0.2) is 15.0 Å². The van der Waals surface area contributed by atoms with Crippen molar-refractivity contribution in [3.63, 3.8) is 0 Å². The maximum absolute atomic E-state index is 14.0. The van der Waals surface area contributed by atoms with Gasteiger partial charge in [0.2, 0.25) is 5.28 Å². The highest BCUT2D eigenvalue weighted by Gasteiger charge is 2.13. The summed E-state index contributed by atoms with van der Waals surface area (Å²) in [6.07, 6.45) is 0. The molecule has 0 radical (unpaired) electrons. The Morgan fingerprint density at radius 1 is 0.955 bits per heavy atom. The Hall–Kier alpha value is -2.84. The van der Waals surface area contributed by atoms with E-state index in [-0.39, 0.29) is 16.7 Å². The molecule has 2 aromatic carbocycles. The van der Waals surface area contributed by atoms with Crippen molar-refractivity contribution in [3.05, 3.63) is 65.2 Å². The molecule has 0 N–H and O–H groups in total. The van der Waals surface area contributed by atoms with Gasteiger partial charge in [-0.2, -0.15) is 15.2 Å². The Morgan fingerprint density at radius 2 is 1.68 bits per heavy atom. The van der Waals surface area contributed by atoms with Gasteiger partial charge in [-0.05, 0) is 29.8 Å². The van der Waals surface area contributed by atoms with Crippen LogP contribution in [-0.2, 0) is 0 Å². The lowest BCUT2D eigenvalue weighted by atomic mass is 10.1. The Balaban J connectivity index is 2.17. The highest BCUT2D eigenvalue weighted by atomic mass is 35.5. The third kappa shape index (κ3) is 2.78. The summed E-state index contributed by atoms with van der Waals surface area (Å²) >= 11 is 5.93. The number of rotatable bonds is 2. The fraction of sp³-hybridized carbons (Fsp3) is 0. The fourth-order valence-corrected chi connectivity index (χ4v) is 2.11. The topological polar surface area (TPSA) is 62.5 Å². The molecular weight excluding hydrogens is 303 g/mol. The predicted octanol–water partition coefficient (Wildman–Crippen LogP) is 3.87. The fourth-order valence-electron chi connectivity index (χ4n) is 1.95. The van der Waals surface area contributed by atoms with Gasteiger partial charge in [0, 0.05) is 5.56 Å². The van der Waals surface area contributed by atoms with E-state index < -0.39 is 5.82 Å². The third-order valence-corrected chi connectivity index (χ3v) is 3.15. The van der Waals surface area contributed by atoms with Gasteiger partial charge in [0.1, 0.15) is 5.82 Å². The van der Waals surface area contributed by atoms with E-state index in [1.54, 1.807) is 0 Å². The van der Waals surface area contributed by atoms with Gasteiger partial charge in [0.15, 0.2) is 11.6 Å². The maximum atomic E-state index is 14.0. The Morgan fingerprint density at radius 3 is 2.41 bits per heavy atom. The molecule has 0 aliphatic rings. The van der Waals surface area contributed by atoms with Crippen LogP contribution in [0.3, 0.4) is 0 Å². The van der Waals surface area contributed by atoms with Crippen molar-refractivity contribution in [2.75, 3.05) is 0 Å². The summed E-state index contributed by atoms with van der Waals surface area (Å²) in [7, 11) is 0. The normalized spacial score (nSPS) is 10.2. The molecule has 22 heavy (non-hydrogen) atoms. The van der Waals surface area contributed by atoms with Crippen LogP contribution in [0.15, 0.2) is 48.5 Å². The predicted molar refractivity (Wildman–Crippen MR) is 80.4 cm³/mol. The SMILES string of the molecule is N#Cc1ccc(F)c(-c2nc(Cl)nc(-c3ccccc3)n2)c1. The molecule has 3 rings (SSSR count). The standard InChI is InChI=1S/C16H8ClFN4/c17-16-21-14(11-4-2-1-3-5-11)20-15(22-16)12-8-10(9-19)6-7-13(12)18/h1-8H. The highest BCUT2D eigenvalue weighted by Crippen LogP contribution is 2.24. The molecule has 3 aromatic rings. The first kappa shape index (κ1) is 14.1. The van der Waals surface area contributed by atoms with Crippen molar-refractivity contribution in [3.8, 4) is 28.8 Å². The van der Waals surface area contributed by atoms with Gasteiger partial charge in [-0.25, -0.2) is 9.37 Å². The minimum absolute atomic E-state index is 0.0365. The molecule has 0 saturated heterocycles. The van der Waals surface area contributed by atoms with Gasteiger partial charge in [0.05, 0.1) is 17.2 Å². The van der Waals surface area contributed by atoms with E-state index in [0.29, 0.717) is 11.4 Å². The Labute approximate surface area is 130 Å². The van der Waals surface area contributed by atoms with E-state index in [1.165, 1.54) is 18.2 Å². The van der Waals surface area contributed by atoms with Crippen LogP contribution in [0.2, 0.25) is 5.28 Å². The van der Waals surface area contributed by atoms with Crippen molar-refractivity contribution in [1.82, 2.24) is 15.0 Å². The first-order valence-electron chi connectivity index (χ1n) is 6.34. The first-order chi connectivity index (χ1) is 10.7. The van der Waals surface area contributed by atoms with Crippen LogP contribution in [0.5, 0.6) is 0 Å². The summed E-state index contributed by atoms with van der Waals surface area (Å²) in [5.41, 5.74) is 1.17. The minimum Gasteiger partial charge on any atom is -0.208 e. The van der Waals surface area contributed by atoms with Crippen LogP contribution in [0.4, 0.5) is 4.39 Å². The second kappa shape index (κ2) is 5.88. The minimum atomic E-state index is -0.528. The Bertz CT molecular complexity index is 875. The quantitative estimate of drug-likeness (QED) is 0.721. The third-order valence-electron chi connectivity index (χ3n) is 2.98. The van der Waals surface area contributed by atoms with Gasteiger partial charge in [0.25, 0.3) is 0 Å². The molecule has 0 saturated carbocycles. The van der Waals surface area contributed by atoms with Crippen LogP contribution in [0, 0.1) is 17.1 Å². The number of hydrogen-bond acceptors (Lipinski definition) is 4. The van der Waals surface area contributed by atoms with Crippen molar-refractivity contribution in [1.29, 1.82) is 5.26 Å². The van der Waals surface area contributed by atoms with Crippen LogP contribution >= 0.6 is 11.6 Å². The molecule has 0 bridgehead atoms. The summed E-state index contributed by atoms with van der Waals surface area (Å²) in [5, 5.41) is 8.90. The summed E-state index contributed by atoms with van der Waals surface area (Å²) in [6, 6.07) is 15.1. The summed E-state index contributed by atoms with van der Waals surface area (Å²) in [4.78, 5) is 12.3. The average Bonchev–Trinajstić information content (AvgIpc) is 2.55. The lowest BCUT2D eigenvalue weighted by Crippen LogP contribution is -1.99. The average molecular weight is 311 g/mol. The second-order valence-corrected chi connectivity index (χ2v) is 4.76. The molecule has 0 amide bonds. The summed E-state index contributed by atoms with van der Waals surface area (Å²) in [6.45, 7) is 0. The van der Waals surface area contributed by atoms with Crippen LogP contribution in [0.25, 0.3) is 22.8 Å². The van der Waals surface area contributed by atoms with E-state index in [9.17, 15) is 4.39 Å². The Kier molecular flexibility index (Phi) is 3.77. The zero-order valence-electron chi connectivity index (χ0n) is 11.2. The molecule has 0 fully saturated rings. The van der Waals surface area contributed by atoms with Gasteiger partial charge in [-0.15, -0.1) is 0 Å². The highest BCUT2D eigenvalue weighted by molar-refractivity contribution is 6.28. The second-order valence-electron chi connectivity index (χ2n) is 4.42. The largest absolute Gasteiger partial charge is 0.226 e. The van der Waals surface area contributed by atoms with Crippen molar-refractivity contribution >= 4 is 11.6 Å². The molecule has 0 aliphatic carbocycles. The first-order valence-corrected chi connectivity index (χ1v) is 6.72. The smallest absolute Gasteiger partial charge is 0.208 e. The number of hydrogen-bond donors (Lipinski definition) is 0. The van der Waals surface area contributed by atoms with Crippen molar-refractivity contribution in [2.45, 2.75) is 0 Å². The monoisotopic (exact) mass is 310 g/mol. The van der Waals surface area contributed by atoms with E-state index in [0.717, 1.165) is 5.56 Å². The molecule has 0 aliphatic heterocycles. The number of nitrogens with zero attached hydrogens (tertiary/aromatic N) is 4. The van der Waals surface area contributed by atoms with Crippen LogP contribution < -0.4 is 0 Å². The molecule has 4 nitrogen and oxygen atoms in total. The van der Waals surface area contributed by atoms with E-state index in [2.05, 4.69) is 15.0 Å². The van der Waals surface area contributed by atoms with Gasteiger partial charge in [-0.1, -0.05) is 30.3 Å². The van der Waals surface area contributed by atoms with Gasteiger partial charge >= 0.3 is 0 Å². The lowest BCUT2D eigenvalue weighted by Gasteiger charge is -2.06. The van der Waals surface area contributed by atoms with Crippen molar-refractivity contribution in [2.24, 2.45) is 0 Å². The summed E-state index contributed by atoms with van der Waals surface area (Å²) in [5.74, 6) is -0.0916. The number of aromatic nitrogens is 3.